The monoisotopic (exact) mass is 314 g/mol. The standard InChI is InChI=1S/C14H22N2O4S/c1-5-21-13-10-6-15-16-12(10)14(19-8(2)3)20-11(13)7-18-9(4)17/h6,8,11,13-14H,5,7H2,1-4H3,(H,15,16)/t11-,13-,14+/m1/s1. The van der Waals surface area contributed by atoms with Gasteiger partial charge in [-0.25, -0.2) is 0 Å². The Morgan fingerprint density at radius 1 is 1.57 bits per heavy atom. The quantitative estimate of drug-likeness (QED) is 0.814. The maximum Gasteiger partial charge on any atom is 0.302 e. The van der Waals surface area contributed by atoms with Gasteiger partial charge < -0.3 is 14.2 Å². The van der Waals surface area contributed by atoms with Crippen molar-refractivity contribution < 1.29 is 19.0 Å². The molecule has 118 valence electrons. The number of carbonyl (C=O) groups is 1. The lowest BCUT2D eigenvalue weighted by Gasteiger charge is -2.35. The van der Waals surface area contributed by atoms with E-state index in [4.69, 9.17) is 14.2 Å². The number of rotatable bonds is 6. The van der Waals surface area contributed by atoms with Crippen molar-refractivity contribution in [1.29, 1.82) is 0 Å². The number of ether oxygens (including phenoxy) is 3. The van der Waals surface area contributed by atoms with Crippen LogP contribution in [0.5, 0.6) is 0 Å². The molecule has 1 N–H and O–H groups in total. The molecule has 1 aromatic heterocycles. The van der Waals surface area contributed by atoms with E-state index in [2.05, 4.69) is 17.1 Å². The van der Waals surface area contributed by atoms with E-state index in [1.165, 1.54) is 6.92 Å². The number of hydrogen-bond acceptors (Lipinski definition) is 6. The first kappa shape index (κ1) is 16.3. The predicted molar refractivity (Wildman–Crippen MR) is 79.9 cm³/mol. The molecule has 0 bridgehead atoms. The van der Waals surface area contributed by atoms with Crippen LogP contribution in [-0.4, -0.2) is 40.7 Å². The van der Waals surface area contributed by atoms with Crippen LogP contribution in [-0.2, 0) is 19.0 Å². The van der Waals surface area contributed by atoms with Gasteiger partial charge in [0.2, 0.25) is 6.29 Å². The molecule has 0 radical (unpaired) electrons. The Kier molecular flexibility index (Phi) is 5.66. The third kappa shape index (κ3) is 3.99. The van der Waals surface area contributed by atoms with Crippen molar-refractivity contribution >= 4 is 17.7 Å². The van der Waals surface area contributed by atoms with Crippen LogP contribution >= 0.6 is 11.8 Å². The molecular formula is C14H22N2O4S. The van der Waals surface area contributed by atoms with Crippen molar-refractivity contribution in [1.82, 2.24) is 10.2 Å². The van der Waals surface area contributed by atoms with Crippen molar-refractivity contribution in [2.75, 3.05) is 12.4 Å². The number of nitrogens with zero attached hydrogens (tertiary/aromatic N) is 1. The summed E-state index contributed by atoms with van der Waals surface area (Å²) in [6.45, 7) is 7.61. The second-order valence-electron chi connectivity index (χ2n) is 5.11. The average Bonchev–Trinajstić information content (AvgIpc) is 2.88. The van der Waals surface area contributed by atoms with Gasteiger partial charge in [-0.1, -0.05) is 6.92 Å². The molecule has 0 fully saturated rings. The van der Waals surface area contributed by atoms with Crippen molar-refractivity contribution in [2.45, 2.75) is 51.4 Å². The number of aromatic amines is 1. The Bertz CT molecular complexity index is 477. The summed E-state index contributed by atoms with van der Waals surface area (Å²) >= 11 is 1.75. The van der Waals surface area contributed by atoms with E-state index >= 15 is 0 Å². The van der Waals surface area contributed by atoms with Crippen LogP contribution in [0.15, 0.2) is 6.20 Å². The molecule has 2 rings (SSSR count). The molecule has 7 heteroatoms. The third-order valence-corrected chi connectivity index (χ3v) is 4.32. The van der Waals surface area contributed by atoms with Crippen molar-refractivity contribution in [3.05, 3.63) is 17.5 Å². The first-order valence-corrected chi connectivity index (χ1v) is 8.16. The van der Waals surface area contributed by atoms with Gasteiger partial charge in [-0.2, -0.15) is 16.9 Å². The van der Waals surface area contributed by atoms with Gasteiger partial charge >= 0.3 is 5.97 Å². The lowest BCUT2D eigenvalue weighted by atomic mass is 10.0. The van der Waals surface area contributed by atoms with Crippen molar-refractivity contribution in [3.8, 4) is 0 Å². The van der Waals surface area contributed by atoms with Gasteiger partial charge in [-0.3, -0.25) is 9.89 Å². The van der Waals surface area contributed by atoms with Gasteiger partial charge in [-0.05, 0) is 19.6 Å². The second-order valence-corrected chi connectivity index (χ2v) is 6.53. The molecule has 0 amide bonds. The number of esters is 1. The minimum atomic E-state index is -0.503. The highest BCUT2D eigenvalue weighted by molar-refractivity contribution is 7.99. The highest BCUT2D eigenvalue weighted by Crippen LogP contribution is 2.43. The molecule has 2 heterocycles. The van der Waals surface area contributed by atoms with Gasteiger partial charge in [0.05, 0.1) is 23.2 Å². The maximum atomic E-state index is 11.1. The predicted octanol–water partition coefficient (Wildman–Crippen LogP) is 2.59. The first-order valence-electron chi connectivity index (χ1n) is 7.12. The van der Waals surface area contributed by atoms with E-state index in [0.29, 0.717) is 0 Å². The van der Waals surface area contributed by atoms with Crippen LogP contribution in [0.25, 0.3) is 0 Å². The summed E-state index contributed by atoms with van der Waals surface area (Å²) in [6.07, 6.45) is 1.09. The third-order valence-electron chi connectivity index (χ3n) is 3.07. The molecule has 0 saturated carbocycles. The summed E-state index contributed by atoms with van der Waals surface area (Å²) in [5.74, 6) is 0.628. The van der Waals surface area contributed by atoms with Gasteiger partial charge in [0.1, 0.15) is 12.7 Å². The summed E-state index contributed by atoms with van der Waals surface area (Å²) in [5, 5.41) is 7.16. The number of aromatic nitrogens is 2. The van der Waals surface area contributed by atoms with Gasteiger partial charge in [-0.15, -0.1) is 0 Å². The molecule has 0 saturated heterocycles. The lowest BCUT2D eigenvalue weighted by Crippen LogP contribution is -2.35. The lowest BCUT2D eigenvalue weighted by molar-refractivity contribution is -0.212. The maximum absolute atomic E-state index is 11.1. The fourth-order valence-electron chi connectivity index (χ4n) is 2.27. The van der Waals surface area contributed by atoms with Crippen molar-refractivity contribution in [2.24, 2.45) is 0 Å². The Balaban J connectivity index is 2.22. The summed E-state index contributed by atoms with van der Waals surface area (Å²) < 4.78 is 16.9. The number of hydrogen-bond donors (Lipinski definition) is 1. The molecule has 0 spiro atoms. The molecule has 1 aliphatic rings. The normalized spacial score (nSPS) is 24.9. The molecule has 0 unspecified atom stereocenters. The highest BCUT2D eigenvalue weighted by atomic mass is 32.2. The van der Waals surface area contributed by atoms with Crippen LogP contribution in [0.3, 0.4) is 0 Å². The van der Waals surface area contributed by atoms with E-state index in [0.717, 1.165) is 17.0 Å². The number of carbonyl (C=O) groups excluding carboxylic acids is 1. The number of H-pyrrole nitrogens is 1. The van der Waals surface area contributed by atoms with Crippen LogP contribution in [0.4, 0.5) is 0 Å². The number of thioether (sulfide) groups is 1. The largest absolute Gasteiger partial charge is 0.463 e. The molecule has 3 atom stereocenters. The van der Waals surface area contributed by atoms with E-state index in [9.17, 15) is 4.79 Å². The van der Waals surface area contributed by atoms with Gasteiger partial charge in [0, 0.05) is 12.5 Å². The van der Waals surface area contributed by atoms with Crippen LogP contribution < -0.4 is 0 Å². The van der Waals surface area contributed by atoms with Crippen LogP contribution in [0.1, 0.15) is 50.5 Å². The molecule has 6 nitrogen and oxygen atoms in total. The highest BCUT2D eigenvalue weighted by Gasteiger charge is 2.38. The fraction of sp³-hybridized carbons (Fsp3) is 0.714. The minimum absolute atomic E-state index is 0.0240. The van der Waals surface area contributed by atoms with E-state index in [1.54, 1.807) is 11.8 Å². The SMILES string of the molecule is CCS[C@@H]1c2cn[nH]c2[C@@H](OC(C)C)O[C@@H]1COC(C)=O. The Hall–Kier alpha value is -1.05. The molecule has 1 aromatic rings. The van der Waals surface area contributed by atoms with Crippen LogP contribution in [0, 0.1) is 0 Å². The van der Waals surface area contributed by atoms with E-state index < -0.39 is 6.29 Å². The van der Waals surface area contributed by atoms with Crippen molar-refractivity contribution in [3.63, 3.8) is 0 Å². The Morgan fingerprint density at radius 3 is 2.95 bits per heavy atom. The molecule has 0 aliphatic carbocycles. The zero-order valence-electron chi connectivity index (χ0n) is 12.8. The van der Waals surface area contributed by atoms with E-state index in [1.807, 2.05) is 20.0 Å². The minimum Gasteiger partial charge on any atom is -0.463 e. The summed E-state index contributed by atoms with van der Waals surface area (Å²) in [7, 11) is 0. The zero-order valence-corrected chi connectivity index (χ0v) is 13.6. The Labute approximate surface area is 128 Å². The topological polar surface area (TPSA) is 73.4 Å². The molecule has 21 heavy (non-hydrogen) atoms. The Morgan fingerprint density at radius 2 is 2.33 bits per heavy atom. The summed E-state index contributed by atoms with van der Waals surface area (Å²) in [5.41, 5.74) is 1.92. The number of nitrogens with one attached hydrogen (secondary N) is 1. The zero-order chi connectivity index (χ0) is 15.4. The van der Waals surface area contributed by atoms with Gasteiger partial charge in [0.25, 0.3) is 0 Å². The molecular weight excluding hydrogens is 292 g/mol. The average molecular weight is 314 g/mol. The summed E-state index contributed by atoms with van der Waals surface area (Å²) in [4.78, 5) is 11.1. The fourth-order valence-corrected chi connectivity index (χ4v) is 3.35. The number of fused-ring (bicyclic) bond motifs is 1. The molecule has 1 aliphatic heterocycles. The van der Waals surface area contributed by atoms with Gasteiger partial charge in [0.15, 0.2) is 0 Å². The smallest absolute Gasteiger partial charge is 0.302 e. The van der Waals surface area contributed by atoms with E-state index in [-0.39, 0.29) is 30.0 Å². The molecule has 0 aromatic carbocycles. The second kappa shape index (κ2) is 7.29. The van der Waals surface area contributed by atoms with Crippen LogP contribution in [0.2, 0.25) is 0 Å². The first-order chi connectivity index (χ1) is 10.0. The summed E-state index contributed by atoms with van der Waals surface area (Å²) in [6, 6.07) is 0.